The number of cyclic esters (lactones) is 1. The Bertz CT molecular complexity index is 352. The van der Waals surface area contributed by atoms with Gasteiger partial charge in [0.15, 0.2) is 0 Å². The van der Waals surface area contributed by atoms with Crippen LogP contribution in [0, 0.1) is 0 Å². The summed E-state index contributed by atoms with van der Waals surface area (Å²) < 4.78 is 5.08. The number of benzene rings is 1. The van der Waals surface area contributed by atoms with Gasteiger partial charge < -0.3 is 15.8 Å². The zero-order valence-corrected chi connectivity index (χ0v) is 7.69. The molecular formula is C10H12N2O2. The van der Waals surface area contributed by atoms with E-state index < -0.39 is 0 Å². The number of amides is 1. The molecule has 1 atom stereocenters. The quantitative estimate of drug-likeness (QED) is 0.732. The molecule has 0 radical (unpaired) electrons. The molecule has 0 aromatic heterocycles. The molecule has 4 nitrogen and oxygen atoms in total. The highest BCUT2D eigenvalue weighted by Crippen LogP contribution is 2.23. The van der Waals surface area contributed by atoms with Crippen LogP contribution in [0.15, 0.2) is 24.3 Å². The van der Waals surface area contributed by atoms with Crippen LogP contribution in [0.1, 0.15) is 17.2 Å². The number of hydrogen-bond acceptors (Lipinski definition) is 3. The molecule has 0 bridgehead atoms. The molecule has 74 valence electrons. The van der Waals surface area contributed by atoms with Gasteiger partial charge in [-0.05, 0) is 11.1 Å². The number of carbonyl (C=O) groups is 1. The number of nitrogens with two attached hydrogens (primary N) is 1. The molecule has 0 saturated carbocycles. The lowest BCUT2D eigenvalue weighted by Gasteiger charge is -2.11. The highest BCUT2D eigenvalue weighted by Gasteiger charge is 2.25. The normalized spacial score (nSPS) is 20.4. The van der Waals surface area contributed by atoms with Gasteiger partial charge in [0, 0.05) is 6.54 Å². The molecule has 1 saturated heterocycles. The number of nitrogens with one attached hydrogen (secondary N) is 1. The lowest BCUT2D eigenvalue weighted by molar-refractivity contribution is 0.140. The summed E-state index contributed by atoms with van der Waals surface area (Å²) in [6.45, 7) is 0.986. The third kappa shape index (κ3) is 1.56. The first kappa shape index (κ1) is 9.02. The van der Waals surface area contributed by atoms with Gasteiger partial charge in [-0.15, -0.1) is 0 Å². The second kappa shape index (κ2) is 3.67. The molecule has 2 rings (SSSR count). The van der Waals surface area contributed by atoms with E-state index in [4.69, 9.17) is 10.5 Å². The fourth-order valence-electron chi connectivity index (χ4n) is 1.60. The van der Waals surface area contributed by atoms with Crippen molar-refractivity contribution >= 4 is 6.09 Å². The molecule has 0 aliphatic carbocycles. The Balaban J connectivity index is 2.27. The Labute approximate surface area is 82.1 Å². The summed E-state index contributed by atoms with van der Waals surface area (Å²) in [5, 5.41) is 2.62. The van der Waals surface area contributed by atoms with E-state index >= 15 is 0 Å². The van der Waals surface area contributed by atoms with Gasteiger partial charge in [0.25, 0.3) is 0 Å². The zero-order valence-electron chi connectivity index (χ0n) is 7.69. The van der Waals surface area contributed by atoms with Crippen molar-refractivity contribution in [3.8, 4) is 0 Å². The summed E-state index contributed by atoms with van der Waals surface area (Å²) in [6, 6.07) is 7.73. The highest BCUT2D eigenvalue weighted by atomic mass is 16.6. The number of ether oxygens (including phenoxy) is 1. The topological polar surface area (TPSA) is 64.3 Å². The maximum absolute atomic E-state index is 10.9. The van der Waals surface area contributed by atoms with Crippen LogP contribution < -0.4 is 11.1 Å². The van der Waals surface area contributed by atoms with Crippen molar-refractivity contribution < 1.29 is 9.53 Å². The van der Waals surface area contributed by atoms with E-state index in [1.807, 2.05) is 24.3 Å². The number of carbonyl (C=O) groups excluding carboxylic acids is 1. The molecule has 1 unspecified atom stereocenters. The average molecular weight is 192 g/mol. The van der Waals surface area contributed by atoms with Gasteiger partial charge in [0.1, 0.15) is 6.10 Å². The molecule has 14 heavy (non-hydrogen) atoms. The fraction of sp³-hybridized carbons (Fsp3) is 0.300. The summed E-state index contributed by atoms with van der Waals surface area (Å²) in [5.74, 6) is 0. The Morgan fingerprint density at radius 2 is 2.29 bits per heavy atom. The van der Waals surface area contributed by atoms with E-state index in [-0.39, 0.29) is 12.2 Å². The van der Waals surface area contributed by atoms with Gasteiger partial charge >= 0.3 is 6.09 Å². The second-order valence-corrected chi connectivity index (χ2v) is 3.18. The maximum Gasteiger partial charge on any atom is 0.407 e. The summed E-state index contributed by atoms with van der Waals surface area (Å²) >= 11 is 0. The van der Waals surface area contributed by atoms with Crippen LogP contribution in [-0.4, -0.2) is 12.6 Å². The average Bonchev–Trinajstić information content (AvgIpc) is 2.65. The van der Waals surface area contributed by atoms with E-state index in [9.17, 15) is 4.79 Å². The van der Waals surface area contributed by atoms with Gasteiger partial charge in [0.05, 0.1) is 6.54 Å². The minimum atomic E-state index is -0.359. The SMILES string of the molecule is NCc1ccccc1C1CNC(=O)O1. The third-order valence-electron chi connectivity index (χ3n) is 2.30. The van der Waals surface area contributed by atoms with Crippen molar-refractivity contribution in [2.75, 3.05) is 6.54 Å². The van der Waals surface area contributed by atoms with Crippen molar-refractivity contribution in [2.24, 2.45) is 5.73 Å². The van der Waals surface area contributed by atoms with Crippen LogP contribution in [0.25, 0.3) is 0 Å². The summed E-state index contributed by atoms with van der Waals surface area (Å²) in [6.07, 6.45) is -0.552. The lowest BCUT2D eigenvalue weighted by atomic mass is 10.0. The van der Waals surface area contributed by atoms with Gasteiger partial charge in [-0.25, -0.2) is 4.79 Å². The minimum Gasteiger partial charge on any atom is -0.439 e. The molecule has 4 heteroatoms. The predicted molar refractivity (Wildman–Crippen MR) is 51.6 cm³/mol. The first-order valence-corrected chi connectivity index (χ1v) is 4.53. The van der Waals surface area contributed by atoms with E-state index in [2.05, 4.69) is 5.32 Å². The zero-order chi connectivity index (χ0) is 9.97. The maximum atomic E-state index is 10.9. The standard InChI is InChI=1S/C10H12N2O2/c11-5-7-3-1-2-4-8(7)9-6-12-10(13)14-9/h1-4,9H,5-6,11H2,(H,12,13). The lowest BCUT2D eigenvalue weighted by Crippen LogP contribution is -2.13. The Kier molecular flexibility index (Phi) is 2.37. The number of rotatable bonds is 2. The Morgan fingerprint density at radius 1 is 1.50 bits per heavy atom. The first-order chi connectivity index (χ1) is 6.81. The molecule has 0 spiro atoms. The Morgan fingerprint density at radius 3 is 2.93 bits per heavy atom. The Hall–Kier alpha value is -1.55. The third-order valence-corrected chi connectivity index (χ3v) is 2.30. The van der Waals surface area contributed by atoms with Gasteiger partial charge in [0.2, 0.25) is 0 Å². The van der Waals surface area contributed by atoms with E-state index in [1.54, 1.807) is 0 Å². The van der Waals surface area contributed by atoms with E-state index in [1.165, 1.54) is 0 Å². The smallest absolute Gasteiger partial charge is 0.407 e. The van der Waals surface area contributed by atoms with Crippen molar-refractivity contribution in [3.05, 3.63) is 35.4 Å². The number of alkyl carbamates (subject to hydrolysis) is 1. The van der Waals surface area contributed by atoms with E-state index in [0.29, 0.717) is 13.1 Å². The molecule has 3 N–H and O–H groups in total. The molecule has 1 aromatic rings. The van der Waals surface area contributed by atoms with Gasteiger partial charge in [-0.1, -0.05) is 24.3 Å². The molecule has 1 aromatic carbocycles. The number of hydrogen-bond donors (Lipinski definition) is 2. The molecule has 1 fully saturated rings. The first-order valence-electron chi connectivity index (χ1n) is 4.53. The van der Waals surface area contributed by atoms with Crippen molar-refractivity contribution in [1.29, 1.82) is 0 Å². The largest absolute Gasteiger partial charge is 0.439 e. The van der Waals surface area contributed by atoms with Crippen LogP contribution in [0.4, 0.5) is 4.79 Å². The van der Waals surface area contributed by atoms with Crippen molar-refractivity contribution in [1.82, 2.24) is 5.32 Å². The van der Waals surface area contributed by atoms with Crippen LogP contribution in [0.2, 0.25) is 0 Å². The van der Waals surface area contributed by atoms with Crippen LogP contribution in [0.5, 0.6) is 0 Å². The second-order valence-electron chi connectivity index (χ2n) is 3.18. The predicted octanol–water partition coefficient (Wildman–Crippen LogP) is 0.926. The van der Waals surface area contributed by atoms with E-state index in [0.717, 1.165) is 11.1 Å². The van der Waals surface area contributed by atoms with Crippen molar-refractivity contribution in [3.63, 3.8) is 0 Å². The minimum absolute atomic E-state index is 0.192. The molecular weight excluding hydrogens is 180 g/mol. The van der Waals surface area contributed by atoms with Crippen LogP contribution >= 0.6 is 0 Å². The van der Waals surface area contributed by atoms with Crippen LogP contribution in [-0.2, 0) is 11.3 Å². The summed E-state index contributed by atoms with van der Waals surface area (Å²) in [4.78, 5) is 10.9. The summed E-state index contributed by atoms with van der Waals surface area (Å²) in [5.41, 5.74) is 7.61. The summed E-state index contributed by atoms with van der Waals surface area (Å²) in [7, 11) is 0. The van der Waals surface area contributed by atoms with Crippen molar-refractivity contribution in [2.45, 2.75) is 12.6 Å². The van der Waals surface area contributed by atoms with Gasteiger partial charge in [-0.2, -0.15) is 0 Å². The molecule has 1 aliphatic rings. The van der Waals surface area contributed by atoms with Gasteiger partial charge in [-0.3, -0.25) is 0 Å². The highest BCUT2D eigenvalue weighted by molar-refractivity contribution is 5.69. The monoisotopic (exact) mass is 192 g/mol. The molecule has 1 aliphatic heterocycles. The van der Waals surface area contributed by atoms with Crippen LogP contribution in [0.3, 0.4) is 0 Å². The fourth-order valence-corrected chi connectivity index (χ4v) is 1.60. The molecule has 1 amide bonds. The molecule has 1 heterocycles.